The van der Waals surface area contributed by atoms with Crippen LogP contribution in [0, 0.1) is 12.7 Å². The van der Waals surface area contributed by atoms with Crippen molar-refractivity contribution in [1.29, 1.82) is 0 Å². The molecule has 2 aromatic carbocycles. The van der Waals surface area contributed by atoms with E-state index in [2.05, 4.69) is 9.62 Å². The standard InChI is InChI=1S/C19H23FN2O2S/c1-15-6-2-3-7-19(15)25(23,24)21-14-18(22-12-4-5-13-22)16-8-10-17(20)11-9-16/h2-3,6-11,18,21H,4-5,12-14H2,1H3. The van der Waals surface area contributed by atoms with E-state index in [1.807, 2.05) is 6.07 Å². The molecule has 1 aliphatic rings. The smallest absolute Gasteiger partial charge is 0.240 e. The molecule has 4 nitrogen and oxygen atoms in total. The largest absolute Gasteiger partial charge is 0.295 e. The fourth-order valence-electron chi connectivity index (χ4n) is 3.32. The van der Waals surface area contributed by atoms with Gasteiger partial charge in [0.05, 0.1) is 4.90 Å². The van der Waals surface area contributed by atoms with Gasteiger partial charge in [-0.05, 0) is 62.2 Å². The summed E-state index contributed by atoms with van der Waals surface area (Å²) < 4.78 is 41.3. The maximum Gasteiger partial charge on any atom is 0.240 e. The van der Waals surface area contributed by atoms with E-state index in [0.29, 0.717) is 4.90 Å². The molecule has 0 amide bonds. The van der Waals surface area contributed by atoms with Gasteiger partial charge in [-0.25, -0.2) is 17.5 Å². The van der Waals surface area contributed by atoms with Gasteiger partial charge < -0.3 is 0 Å². The second-order valence-corrected chi connectivity index (χ2v) is 8.16. The van der Waals surface area contributed by atoms with Crippen LogP contribution in [0.3, 0.4) is 0 Å². The number of rotatable bonds is 6. The molecule has 134 valence electrons. The van der Waals surface area contributed by atoms with E-state index >= 15 is 0 Å². The lowest BCUT2D eigenvalue weighted by molar-refractivity contribution is 0.246. The molecular weight excluding hydrogens is 339 g/mol. The van der Waals surface area contributed by atoms with Gasteiger partial charge in [0.15, 0.2) is 0 Å². The Morgan fingerprint density at radius 1 is 1.08 bits per heavy atom. The number of likely N-dealkylation sites (tertiary alicyclic amines) is 1. The highest BCUT2D eigenvalue weighted by Gasteiger charge is 2.26. The van der Waals surface area contributed by atoms with E-state index < -0.39 is 10.0 Å². The van der Waals surface area contributed by atoms with Crippen LogP contribution in [-0.4, -0.2) is 33.0 Å². The molecule has 0 bridgehead atoms. The van der Waals surface area contributed by atoms with Gasteiger partial charge in [0.2, 0.25) is 10.0 Å². The van der Waals surface area contributed by atoms with Gasteiger partial charge >= 0.3 is 0 Å². The van der Waals surface area contributed by atoms with Gasteiger partial charge in [-0.3, -0.25) is 4.90 Å². The van der Waals surface area contributed by atoms with Gasteiger partial charge in [0.25, 0.3) is 0 Å². The topological polar surface area (TPSA) is 49.4 Å². The summed E-state index contributed by atoms with van der Waals surface area (Å²) >= 11 is 0. The summed E-state index contributed by atoms with van der Waals surface area (Å²) in [6.07, 6.45) is 2.20. The second kappa shape index (κ2) is 7.64. The molecule has 1 N–H and O–H groups in total. The number of hydrogen-bond acceptors (Lipinski definition) is 3. The number of sulfonamides is 1. The minimum absolute atomic E-state index is 0.0955. The van der Waals surface area contributed by atoms with Crippen molar-refractivity contribution < 1.29 is 12.8 Å². The van der Waals surface area contributed by atoms with Crippen molar-refractivity contribution in [3.63, 3.8) is 0 Å². The average molecular weight is 362 g/mol. The highest BCUT2D eigenvalue weighted by atomic mass is 32.2. The van der Waals surface area contributed by atoms with Gasteiger partial charge in [-0.15, -0.1) is 0 Å². The molecule has 1 unspecified atom stereocenters. The lowest BCUT2D eigenvalue weighted by Crippen LogP contribution is -2.37. The normalized spacial score (nSPS) is 16.9. The van der Waals surface area contributed by atoms with Crippen LogP contribution in [0.25, 0.3) is 0 Å². The molecule has 1 aliphatic heterocycles. The number of hydrogen-bond donors (Lipinski definition) is 1. The third-order valence-electron chi connectivity index (χ3n) is 4.69. The van der Waals surface area contributed by atoms with Crippen molar-refractivity contribution in [3.8, 4) is 0 Å². The Hall–Kier alpha value is -1.76. The van der Waals surface area contributed by atoms with Crippen LogP contribution in [0.1, 0.15) is 30.0 Å². The van der Waals surface area contributed by atoms with Crippen molar-refractivity contribution in [3.05, 3.63) is 65.5 Å². The highest BCUT2D eigenvalue weighted by molar-refractivity contribution is 7.89. The van der Waals surface area contributed by atoms with Crippen LogP contribution in [-0.2, 0) is 10.0 Å². The predicted octanol–water partition coefficient (Wildman–Crippen LogP) is 3.25. The zero-order chi connectivity index (χ0) is 17.9. The van der Waals surface area contributed by atoms with Crippen LogP contribution in [0.5, 0.6) is 0 Å². The Kier molecular flexibility index (Phi) is 5.51. The molecule has 0 spiro atoms. The summed E-state index contributed by atoms with van der Waals surface area (Å²) in [6.45, 7) is 3.90. The van der Waals surface area contributed by atoms with Gasteiger partial charge in [0.1, 0.15) is 5.82 Å². The van der Waals surface area contributed by atoms with E-state index in [0.717, 1.165) is 37.1 Å². The molecule has 1 fully saturated rings. The maximum atomic E-state index is 13.2. The Morgan fingerprint density at radius 3 is 2.36 bits per heavy atom. The number of nitrogens with one attached hydrogen (secondary N) is 1. The number of aryl methyl sites for hydroxylation is 1. The molecule has 25 heavy (non-hydrogen) atoms. The van der Waals surface area contributed by atoms with Crippen molar-refractivity contribution in [2.75, 3.05) is 19.6 Å². The first-order chi connectivity index (χ1) is 12.0. The van der Waals surface area contributed by atoms with Gasteiger partial charge in [0, 0.05) is 12.6 Å². The van der Waals surface area contributed by atoms with E-state index in [-0.39, 0.29) is 18.4 Å². The second-order valence-electron chi connectivity index (χ2n) is 6.43. The predicted molar refractivity (Wildman–Crippen MR) is 96.3 cm³/mol. The van der Waals surface area contributed by atoms with Crippen LogP contribution >= 0.6 is 0 Å². The molecule has 2 aromatic rings. The summed E-state index contributed by atoms with van der Waals surface area (Å²) in [6, 6.07) is 13.2. The summed E-state index contributed by atoms with van der Waals surface area (Å²) in [5, 5.41) is 0. The van der Waals surface area contributed by atoms with E-state index in [1.165, 1.54) is 12.1 Å². The Bertz CT molecular complexity index is 816. The minimum Gasteiger partial charge on any atom is -0.295 e. The molecule has 6 heteroatoms. The SMILES string of the molecule is Cc1ccccc1S(=O)(=O)NCC(c1ccc(F)cc1)N1CCCC1. The first-order valence-corrected chi connectivity index (χ1v) is 10.0. The van der Waals surface area contributed by atoms with E-state index in [4.69, 9.17) is 0 Å². The molecule has 0 aromatic heterocycles. The highest BCUT2D eigenvalue weighted by Crippen LogP contribution is 2.25. The zero-order valence-electron chi connectivity index (χ0n) is 14.3. The first-order valence-electron chi connectivity index (χ1n) is 8.52. The molecule has 1 atom stereocenters. The lowest BCUT2D eigenvalue weighted by atomic mass is 10.1. The van der Waals surface area contributed by atoms with Gasteiger partial charge in [-0.1, -0.05) is 30.3 Å². The van der Waals surface area contributed by atoms with Crippen molar-refractivity contribution >= 4 is 10.0 Å². The van der Waals surface area contributed by atoms with Crippen LogP contribution < -0.4 is 4.72 Å². The molecule has 3 rings (SSSR count). The van der Waals surface area contributed by atoms with E-state index in [1.54, 1.807) is 37.3 Å². The lowest BCUT2D eigenvalue weighted by Gasteiger charge is -2.28. The summed E-state index contributed by atoms with van der Waals surface area (Å²) in [4.78, 5) is 2.56. The van der Waals surface area contributed by atoms with E-state index in [9.17, 15) is 12.8 Å². The average Bonchev–Trinajstić information content (AvgIpc) is 3.11. The Morgan fingerprint density at radius 2 is 1.72 bits per heavy atom. The molecule has 0 saturated carbocycles. The van der Waals surface area contributed by atoms with Crippen LogP contribution in [0.4, 0.5) is 4.39 Å². The van der Waals surface area contributed by atoms with Crippen molar-refractivity contribution in [2.45, 2.75) is 30.7 Å². The monoisotopic (exact) mass is 362 g/mol. The number of nitrogens with zero attached hydrogens (tertiary/aromatic N) is 1. The van der Waals surface area contributed by atoms with Crippen molar-refractivity contribution in [1.82, 2.24) is 9.62 Å². The summed E-state index contributed by atoms with van der Waals surface area (Å²) in [7, 11) is -3.58. The van der Waals surface area contributed by atoms with Crippen molar-refractivity contribution in [2.24, 2.45) is 0 Å². The van der Waals surface area contributed by atoms with Crippen LogP contribution in [0.15, 0.2) is 53.4 Å². The fourth-order valence-corrected chi connectivity index (χ4v) is 4.60. The van der Waals surface area contributed by atoms with Gasteiger partial charge in [-0.2, -0.15) is 0 Å². The number of benzene rings is 2. The Balaban J connectivity index is 1.81. The van der Waals surface area contributed by atoms with Crippen LogP contribution in [0.2, 0.25) is 0 Å². The zero-order valence-corrected chi connectivity index (χ0v) is 15.1. The fraction of sp³-hybridized carbons (Fsp3) is 0.368. The quantitative estimate of drug-likeness (QED) is 0.858. The Labute approximate surface area is 148 Å². The summed E-state index contributed by atoms with van der Waals surface area (Å²) in [5.74, 6) is -0.288. The first kappa shape index (κ1) is 18.0. The number of halogens is 1. The molecule has 1 heterocycles. The molecule has 1 saturated heterocycles. The third kappa shape index (κ3) is 4.26. The molecule has 0 radical (unpaired) electrons. The third-order valence-corrected chi connectivity index (χ3v) is 6.27. The summed E-state index contributed by atoms with van der Waals surface area (Å²) in [5.41, 5.74) is 1.64. The minimum atomic E-state index is -3.58. The maximum absolute atomic E-state index is 13.2. The molecular formula is C19H23FN2O2S. The molecule has 0 aliphatic carbocycles.